The molecule has 6 nitrogen and oxygen atoms in total. The lowest BCUT2D eigenvalue weighted by molar-refractivity contribution is 0.101. The van der Waals surface area contributed by atoms with E-state index in [1.165, 1.54) is 77.0 Å². The van der Waals surface area contributed by atoms with E-state index >= 15 is 0 Å². The van der Waals surface area contributed by atoms with Crippen molar-refractivity contribution >= 4 is 11.6 Å². The normalized spacial score (nSPS) is 16.2. The molecule has 6 atom stereocenters. The molecule has 0 saturated carbocycles. The van der Waals surface area contributed by atoms with Crippen LogP contribution in [0.2, 0.25) is 0 Å². The zero-order chi connectivity index (χ0) is 44.0. The minimum absolute atomic E-state index is 0.0586. The number of nitrogens with zero attached hydrogens (tertiary/aromatic N) is 1. The second kappa shape index (κ2) is 23.1. The number of carbonyl (C=O) groups is 1. The number of nitrogens with one attached hydrogen (secondary N) is 1. The molecule has 6 heteroatoms. The summed E-state index contributed by atoms with van der Waals surface area (Å²) in [4.78, 5) is 21.3. The number of rotatable bonds is 26. The van der Waals surface area contributed by atoms with Crippen molar-refractivity contribution in [3.63, 3.8) is 0 Å². The maximum Gasteiger partial charge on any atom is 0.280 e. The van der Waals surface area contributed by atoms with E-state index < -0.39 is 0 Å². The lowest BCUT2D eigenvalue weighted by Crippen LogP contribution is -2.25. The third-order valence-corrected chi connectivity index (χ3v) is 12.9. The summed E-state index contributed by atoms with van der Waals surface area (Å²) in [5, 5.41) is 11.4. The number of hydrogen-bond donors (Lipinski definition) is 2. The number of amides is 1. The van der Waals surface area contributed by atoms with E-state index in [9.17, 15) is 9.90 Å². The Morgan fingerprint density at radius 1 is 0.633 bits per heavy atom. The van der Waals surface area contributed by atoms with Gasteiger partial charge >= 0.3 is 0 Å². The number of H-pyrrole nitrogens is 1. The van der Waals surface area contributed by atoms with Crippen molar-refractivity contribution in [2.75, 3.05) is 13.2 Å². The standard InChI is InChI=1S/C54H84N2O4/c1-13-15-17-21-37(3)27-29-43(39(5)22-18-16-14-2)35-59-45-25-19-23-41(31-45)49-47-48(52(58)55-49)50(56-51(47)57)42-24-20-26-46(32-42)60-36-44(40(6)34-54(10,11)12)30-28-38(4)33-53(7,8)9/h19-20,23-26,31-32,37-40,43-44,56-57H,13-18,21-22,27-30,33-36H2,1-12H3. The Bertz CT molecular complexity index is 1790. The number of aromatic amines is 1. The first-order valence-corrected chi connectivity index (χ1v) is 23.9. The molecule has 0 radical (unpaired) electrons. The molecule has 3 aromatic rings. The predicted octanol–water partition coefficient (Wildman–Crippen LogP) is 15.5. The molecule has 0 spiro atoms. The van der Waals surface area contributed by atoms with Crippen molar-refractivity contribution in [3.8, 4) is 28.6 Å². The van der Waals surface area contributed by atoms with Gasteiger partial charge < -0.3 is 19.6 Å². The summed E-state index contributed by atoms with van der Waals surface area (Å²) in [5.41, 5.74) is 3.96. The first-order chi connectivity index (χ1) is 28.4. The molecule has 2 N–H and O–H groups in total. The van der Waals surface area contributed by atoms with Crippen LogP contribution in [0.25, 0.3) is 11.3 Å². The van der Waals surface area contributed by atoms with Gasteiger partial charge in [-0.3, -0.25) is 4.79 Å². The molecular weight excluding hydrogens is 741 g/mol. The summed E-state index contributed by atoms with van der Waals surface area (Å²) >= 11 is 0. The van der Waals surface area contributed by atoms with Gasteiger partial charge in [-0.15, -0.1) is 0 Å². The molecule has 1 aliphatic heterocycles. The van der Waals surface area contributed by atoms with Crippen LogP contribution < -0.4 is 9.47 Å². The van der Waals surface area contributed by atoms with E-state index in [0.717, 1.165) is 41.4 Å². The van der Waals surface area contributed by atoms with Crippen molar-refractivity contribution in [3.05, 3.63) is 65.2 Å². The van der Waals surface area contributed by atoms with E-state index in [1.54, 1.807) is 0 Å². The van der Waals surface area contributed by atoms with Gasteiger partial charge in [0.2, 0.25) is 0 Å². The average molecular weight is 825 g/mol. The van der Waals surface area contributed by atoms with Gasteiger partial charge in [0, 0.05) is 11.1 Å². The lowest BCUT2D eigenvalue weighted by atomic mass is 9.76. The summed E-state index contributed by atoms with van der Waals surface area (Å²) in [7, 11) is 0. The number of unbranched alkanes of at least 4 members (excludes halogenated alkanes) is 4. The van der Waals surface area contributed by atoms with E-state index in [2.05, 4.69) is 93.1 Å². The SMILES string of the molecule is CCCCCC(C)CCC(COc1cccc(C2=NC(=O)c3c(-c4cccc(OCC(CCC(C)CC(C)(C)C)C(C)CC(C)(C)C)c4)[nH]c(O)c32)c1)C(C)CCCCC. The molecule has 1 amide bonds. The maximum atomic E-state index is 13.7. The van der Waals surface area contributed by atoms with E-state index in [0.29, 0.717) is 70.8 Å². The number of aromatic hydroxyl groups is 1. The van der Waals surface area contributed by atoms with Gasteiger partial charge in [0.1, 0.15) is 11.5 Å². The van der Waals surface area contributed by atoms with E-state index in [4.69, 9.17) is 9.47 Å². The molecule has 1 aromatic heterocycles. The van der Waals surface area contributed by atoms with Crippen molar-refractivity contribution in [2.45, 2.75) is 173 Å². The number of ether oxygens (including phenoxy) is 2. The molecule has 0 fully saturated rings. The third kappa shape index (κ3) is 15.4. The largest absolute Gasteiger partial charge is 0.494 e. The van der Waals surface area contributed by atoms with Crippen LogP contribution in [-0.2, 0) is 0 Å². The van der Waals surface area contributed by atoms with Crippen LogP contribution >= 0.6 is 0 Å². The van der Waals surface area contributed by atoms with Crippen LogP contribution in [0.3, 0.4) is 0 Å². The fourth-order valence-electron chi connectivity index (χ4n) is 9.63. The second-order valence-corrected chi connectivity index (χ2v) is 21.4. The van der Waals surface area contributed by atoms with Gasteiger partial charge in [-0.1, -0.05) is 172 Å². The zero-order valence-electron chi connectivity index (χ0n) is 40.0. The van der Waals surface area contributed by atoms with Crippen molar-refractivity contribution < 1.29 is 19.4 Å². The maximum absolute atomic E-state index is 13.7. The Morgan fingerprint density at radius 3 is 1.75 bits per heavy atom. The van der Waals surface area contributed by atoms with Crippen molar-refractivity contribution in [2.24, 2.45) is 51.3 Å². The van der Waals surface area contributed by atoms with E-state index in [-0.39, 0.29) is 17.2 Å². The highest BCUT2D eigenvalue weighted by Crippen LogP contribution is 2.40. The number of fused-ring (bicyclic) bond motifs is 1. The number of aliphatic imine (C=N–C) groups is 1. The Labute approximate surface area is 366 Å². The summed E-state index contributed by atoms with van der Waals surface area (Å²) in [5.74, 6) is 4.50. The van der Waals surface area contributed by atoms with Crippen LogP contribution in [0.5, 0.6) is 17.4 Å². The monoisotopic (exact) mass is 825 g/mol. The smallest absolute Gasteiger partial charge is 0.280 e. The molecule has 2 aromatic carbocycles. The van der Waals surface area contributed by atoms with Crippen LogP contribution in [0.1, 0.15) is 194 Å². The zero-order valence-corrected chi connectivity index (χ0v) is 40.0. The highest BCUT2D eigenvalue weighted by molar-refractivity contribution is 6.30. The van der Waals surface area contributed by atoms with Gasteiger partial charge in [-0.05, 0) is 96.3 Å². The molecule has 2 heterocycles. The highest BCUT2D eigenvalue weighted by atomic mass is 16.5. The molecule has 0 bridgehead atoms. The first-order valence-electron chi connectivity index (χ1n) is 23.9. The molecule has 4 rings (SSSR count). The number of aromatic nitrogens is 1. The Hall–Kier alpha value is -3.54. The van der Waals surface area contributed by atoms with Gasteiger partial charge in [-0.25, -0.2) is 4.99 Å². The minimum atomic E-state index is -0.362. The Balaban J connectivity index is 1.49. The predicted molar refractivity (Wildman–Crippen MR) is 254 cm³/mol. The average Bonchev–Trinajstić information content (AvgIpc) is 3.70. The summed E-state index contributed by atoms with van der Waals surface area (Å²) in [6.45, 7) is 29.4. The molecule has 0 saturated heterocycles. The summed E-state index contributed by atoms with van der Waals surface area (Å²) in [6, 6.07) is 15.7. The van der Waals surface area contributed by atoms with Crippen molar-refractivity contribution in [1.82, 2.24) is 4.98 Å². The third-order valence-electron chi connectivity index (χ3n) is 12.9. The van der Waals surface area contributed by atoms with Gasteiger partial charge in [0.15, 0.2) is 5.88 Å². The molecular formula is C54H84N2O4. The molecule has 0 aliphatic carbocycles. The molecule has 6 unspecified atom stereocenters. The fraction of sp³-hybridized carbons (Fsp3) is 0.667. The van der Waals surface area contributed by atoms with E-state index in [1.807, 2.05) is 48.5 Å². The molecule has 334 valence electrons. The summed E-state index contributed by atoms with van der Waals surface area (Å²) in [6.07, 6.45) is 17.3. The van der Waals surface area contributed by atoms with Crippen LogP contribution in [0.15, 0.2) is 53.5 Å². The second-order valence-electron chi connectivity index (χ2n) is 21.4. The highest BCUT2D eigenvalue weighted by Gasteiger charge is 2.34. The van der Waals surface area contributed by atoms with Crippen LogP contribution in [0.4, 0.5) is 0 Å². The van der Waals surface area contributed by atoms with Gasteiger partial charge in [0.25, 0.3) is 5.91 Å². The Morgan fingerprint density at radius 2 is 1.17 bits per heavy atom. The molecule has 1 aliphatic rings. The summed E-state index contributed by atoms with van der Waals surface area (Å²) < 4.78 is 13.1. The quantitative estimate of drug-likeness (QED) is 0.0790. The molecule has 60 heavy (non-hydrogen) atoms. The topological polar surface area (TPSA) is 83.9 Å². The van der Waals surface area contributed by atoms with Crippen LogP contribution in [0, 0.1) is 46.3 Å². The first kappa shape index (κ1) is 49.1. The number of hydrogen-bond acceptors (Lipinski definition) is 4. The van der Waals surface area contributed by atoms with Gasteiger partial charge in [-0.2, -0.15) is 0 Å². The number of carbonyl (C=O) groups excluding carboxylic acids is 1. The number of benzene rings is 2. The minimum Gasteiger partial charge on any atom is -0.494 e. The lowest BCUT2D eigenvalue weighted by Gasteiger charge is -2.31. The Kier molecular flexibility index (Phi) is 18.9. The van der Waals surface area contributed by atoms with Gasteiger partial charge in [0.05, 0.1) is 35.7 Å². The van der Waals surface area contributed by atoms with Crippen LogP contribution in [-0.4, -0.2) is 34.9 Å². The van der Waals surface area contributed by atoms with Crippen molar-refractivity contribution in [1.29, 1.82) is 0 Å². The fourth-order valence-corrected chi connectivity index (χ4v) is 9.63.